The van der Waals surface area contributed by atoms with Crippen molar-refractivity contribution in [2.75, 3.05) is 0 Å². The van der Waals surface area contributed by atoms with Gasteiger partial charge >= 0.3 is 0 Å². The topological polar surface area (TPSA) is 38.0 Å². The molecule has 0 aliphatic rings. The molecule has 4 heteroatoms. The summed E-state index contributed by atoms with van der Waals surface area (Å²) >= 11 is 0. The Hall–Kier alpha value is -6.88. The van der Waals surface area contributed by atoms with Crippen molar-refractivity contribution in [2.45, 2.75) is 0 Å². The lowest BCUT2D eigenvalue weighted by Gasteiger charge is -2.18. The third kappa shape index (κ3) is 4.07. The van der Waals surface area contributed by atoms with Crippen molar-refractivity contribution in [3.05, 3.63) is 175 Å². The third-order valence-corrected chi connectivity index (χ3v) is 9.40. The molecule has 9 rings (SSSR count). The average molecular weight is 611 g/mol. The van der Waals surface area contributed by atoms with E-state index >= 15 is 0 Å². The van der Waals surface area contributed by atoms with Gasteiger partial charge in [0.15, 0.2) is 5.69 Å². The molecule has 2 heterocycles. The number of fused-ring (bicyclic) bond motifs is 6. The molecule has 0 saturated carbocycles. The van der Waals surface area contributed by atoms with Crippen LogP contribution >= 0.6 is 0 Å². The highest BCUT2D eigenvalue weighted by Gasteiger charge is 2.20. The monoisotopic (exact) mass is 610 g/mol. The van der Waals surface area contributed by atoms with Gasteiger partial charge in [0.2, 0.25) is 0 Å². The van der Waals surface area contributed by atoms with Crippen molar-refractivity contribution in [3.63, 3.8) is 0 Å². The Kier molecular flexibility index (Phi) is 6.22. The lowest BCUT2D eigenvalue weighted by atomic mass is 9.93. The van der Waals surface area contributed by atoms with E-state index in [1.807, 2.05) is 36.4 Å². The molecule has 9 aromatic rings. The number of rotatable bonds is 4. The van der Waals surface area contributed by atoms with E-state index in [1.54, 1.807) is 0 Å². The average Bonchev–Trinajstić information content (AvgIpc) is 3.68. The molecule has 7 aromatic carbocycles. The highest BCUT2D eigenvalue weighted by Crippen LogP contribution is 2.42. The summed E-state index contributed by atoms with van der Waals surface area (Å²) in [6.45, 7) is 7.86. The van der Waals surface area contributed by atoms with E-state index in [1.165, 1.54) is 21.8 Å². The van der Waals surface area contributed by atoms with Gasteiger partial charge in [-0.1, -0.05) is 109 Å². The first-order chi connectivity index (χ1) is 23.7. The molecular formula is C44H26N4. The lowest BCUT2D eigenvalue weighted by Crippen LogP contribution is -1.98. The van der Waals surface area contributed by atoms with E-state index in [9.17, 15) is 5.26 Å². The van der Waals surface area contributed by atoms with Crippen LogP contribution in [0.2, 0.25) is 0 Å². The normalized spacial score (nSPS) is 11.3. The van der Waals surface area contributed by atoms with Crippen molar-refractivity contribution >= 4 is 49.3 Å². The van der Waals surface area contributed by atoms with Crippen LogP contribution in [0.25, 0.3) is 82.1 Å². The summed E-state index contributed by atoms with van der Waals surface area (Å²) in [6.07, 6.45) is 0. The molecule has 4 nitrogen and oxygen atoms in total. The Balaban J connectivity index is 1.24. The number of nitrogens with zero attached hydrogens (tertiary/aromatic N) is 4. The van der Waals surface area contributed by atoms with E-state index in [4.69, 9.17) is 6.57 Å². The SMILES string of the molecule is [C-]#[N+]c1ccc(-c2ccccc2-c2ccc(-n3c4ccccc4c4ccccc43)cc2)c(-n2c3ccccc3c3c(C#N)cccc32)c1. The molecule has 0 radical (unpaired) electrons. The molecule has 0 amide bonds. The maximum Gasteiger partial charge on any atom is 0.189 e. The first kappa shape index (κ1) is 27.4. The van der Waals surface area contributed by atoms with Crippen LogP contribution in [0.15, 0.2) is 158 Å². The molecular weight excluding hydrogens is 585 g/mol. The Morgan fingerprint density at radius 3 is 1.75 bits per heavy atom. The van der Waals surface area contributed by atoms with Gasteiger partial charge in [-0.25, -0.2) is 4.85 Å². The fraction of sp³-hybridized carbons (Fsp3) is 0. The van der Waals surface area contributed by atoms with Crippen molar-refractivity contribution in [1.82, 2.24) is 9.13 Å². The molecule has 0 unspecified atom stereocenters. The molecule has 0 spiro atoms. The van der Waals surface area contributed by atoms with Crippen LogP contribution in [0, 0.1) is 17.9 Å². The van der Waals surface area contributed by atoms with Crippen molar-refractivity contribution in [2.24, 2.45) is 0 Å². The van der Waals surface area contributed by atoms with Crippen LogP contribution in [0.5, 0.6) is 0 Å². The van der Waals surface area contributed by atoms with Crippen LogP contribution < -0.4 is 0 Å². The minimum Gasteiger partial charge on any atom is -0.310 e. The summed E-state index contributed by atoms with van der Waals surface area (Å²) in [5.74, 6) is 0. The highest BCUT2D eigenvalue weighted by atomic mass is 15.0. The second-order valence-corrected chi connectivity index (χ2v) is 11.9. The molecule has 0 atom stereocenters. The second kappa shape index (κ2) is 10.9. The smallest absolute Gasteiger partial charge is 0.189 e. The molecule has 48 heavy (non-hydrogen) atoms. The molecule has 2 aromatic heterocycles. The summed E-state index contributed by atoms with van der Waals surface area (Å²) in [7, 11) is 0. The predicted octanol–water partition coefficient (Wildman–Crippen LogP) is 11.6. The quantitative estimate of drug-likeness (QED) is 0.183. The summed E-state index contributed by atoms with van der Waals surface area (Å²) < 4.78 is 4.54. The molecule has 0 bridgehead atoms. The number of hydrogen-bond acceptors (Lipinski definition) is 1. The number of para-hydroxylation sites is 3. The molecule has 0 aliphatic carbocycles. The summed E-state index contributed by atoms with van der Waals surface area (Å²) in [5.41, 5.74) is 11.8. The zero-order valence-electron chi connectivity index (χ0n) is 25.8. The minimum atomic E-state index is 0.559. The van der Waals surface area contributed by atoms with Crippen LogP contribution in [0.1, 0.15) is 5.56 Å². The highest BCUT2D eigenvalue weighted by molar-refractivity contribution is 6.12. The van der Waals surface area contributed by atoms with Gasteiger partial charge in [-0.05, 0) is 65.2 Å². The van der Waals surface area contributed by atoms with Gasteiger partial charge in [0.1, 0.15) is 0 Å². The van der Waals surface area contributed by atoms with Crippen LogP contribution in [-0.4, -0.2) is 9.13 Å². The van der Waals surface area contributed by atoms with E-state index in [0.717, 1.165) is 55.4 Å². The van der Waals surface area contributed by atoms with Gasteiger partial charge in [-0.15, -0.1) is 0 Å². The zero-order chi connectivity index (χ0) is 32.2. The van der Waals surface area contributed by atoms with Crippen molar-refractivity contribution in [1.29, 1.82) is 5.26 Å². The fourth-order valence-electron chi connectivity index (χ4n) is 7.33. The van der Waals surface area contributed by atoms with Gasteiger partial charge < -0.3 is 9.13 Å². The zero-order valence-corrected chi connectivity index (χ0v) is 25.8. The van der Waals surface area contributed by atoms with E-state index in [0.29, 0.717) is 11.3 Å². The van der Waals surface area contributed by atoms with Crippen molar-refractivity contribution < 1.29 is 0 Å². The summed E-state index contributed by atoms with van der Waals surface area (Å²) in [5, 5.41) is 14.4. The second-order valence-electron chi connectivity index (χ2n) is 11.9. The van der Waals surface area contributed by atoms with Crippen LogP contribution in [-0.2, 0) is 0 Å². The van der Waals surface area contributed by atoms with Gasteiger partial charge in [0.05, 0.1) is 40.3 Å². The molecule has 0 fully saturated rings. The summed E-state index contributed by atoms with van der Waals surface area (Å²) in [6, 6.07) is 56.7. The standard InChI is InChI=1S/C44H26N4/c1-46-31-23-26-37(43(27-31)48-41-19-9-6-16-38(41)44-30(28-45)11-10-20-42(44)48)34-13-3-2-12-33(34)29-21-24-32(25-22-29)47-39-17-7-4-14-35(39)36-15-5-8-18-40(36)47/h2-27H. The summed E-state index contributed by atoms with van der Waals surface area (Å²) in [4.78, 5) is 3.81. The van der Waals surface area contributed by atoms with Crippen LogP contribution in [0.4, 0.5) is 5.69 Å². The Morgan fingerprint density at radius 1 is 0.500 bits per heavy atom. The predicted molar refractivity (Wildman–Crippen MR) is 197 cm³/mol. The van der Waals surface area contributed by atoms with Gasteiger partial charge in [0.25, 0.3) is 0 Å². The molecule has 0 aliphatic heterocycles. The first-order valence-electron chi connectivity index (χ1n) is 15.9. The maximum atomic E-state index is 10.0. The molecule has 0 saturated heterocycles. The lowest BCUT2D eigenvalue weighted by molar-refractivity contribution is 1.18. The first-order valence-corrected chi connectivity index (χ1v) is 15.9. The van der Waals surface area contributed by atoms with Crippen LogP contribution in [0.3, 0.4) is 0 Å². The van der Waals surface area contributed by atoms with Gasteiger partial charge in [0, 0.05) is 38.5 Å². The maximum absolute atomic E-state index is 10.0. The molecule has 222 valence electrons. The Bertz CT molecular complexity index is 2750. The number of aromatic nitrogens is 2. The number of nitriles is 1. The number of benzene rings is 7. The largest absolute Gasteiger partial charge is 0.310 e. The van der Waals surface area contributed by atoms with Gasteiger partial charge in [-0.3, -0.25) is 0 Å². The van der Waals surface area contributed by atoms with E-state index < -0.39 is 0 Å². The van der Waals surface area contributed by atoms with E-state index in [2.05, 4.69) is 141 Å². The third-order valence-electron chi connectivity index (χ3n) is 9.40. The Morgan fingerprint density at radius 2 is 1.08 bits per heavy atom. The minimum absolute atomic E-state index is 0.559. The fourth-order valence-corrected chi connectivity index (χ4v) is 7.33. The Labute approximate surface area is 277 Å². The number of hydrogen-bond donors (Lipinski definition) is 0. The molecule has 0 N–H and O–H groups in total. The van der Waals surface area contributed by atoms with Crippen molar-refractivity contribution in [3.8, 4) is 39.7 Å². The van der Waals surface area contributed by atoms with E-state index in [-0.39, 0.29) is 0 Å². The van der Waals surface area contributed by atoms with Gasteiger partial charge in [-0.2, -0.15) is 5.26 Å².